The standard InChI is InChI=1S/C74H125N7O51/c1-19(91)75-26(8-82)43(99)59(27(98)9-83)126-71-42(81-25(7)97)54(110)60(33(15-89)122-71)129-73-58(114)64(131-72-56(112)55(111)61(34(16-90)123-72)127-67-38(77-21(3)93)50(106)45(101)29(11-85)118-67)63(130-69-40(79-23(5)95)52(108)47(103)31(13-87)120-69)36(124-73)18-116-74-65(132-70-41(80-24(6)96)53(109)48(104)32(14-88)121-70)57(113)62(128-68-39(78-22(4)94)51(107)46(102)30(12-86)119-68)35(125-74)17-115-66-37(76-20(2)92)49(105)44(100)28(10-84)117-66/h26-74,82-90,98-114H,8-18H2,1-7H3,(H,75,91)(H,76,92)(H,77,93)(H,78,94)(H,79,95)(H,80,96)(H,81,97)/t26-,27+,28+,29+,30+,31+,32+,33+,34+,35+,36+,37+,38+,39+,40+,41+,42+,43+,44+,45+,46+,47+,48+,49+,50+,51+,52+,53+,54+,55+,56-,57-,58-,59+,60+,61+,62+,63+,64+,65-,66+,67-,68-,69-,70-,71-,72+,73-,74-/m0/s1. The molecule has 49 atom stereocenters. The van der Waals surface area contributed by atoms with Crippen molar-refractivity contribution >= 4 is 41.4 Å². The topological polar surface area (TPSA) is 896 Å². The average molecular weight is 1930 g/mol. The van der Waals surface area contributed by atoms with Crippen molar-refractivity contribution in [2.75, 3.05) is 72.7 Å². The van der Waals surface area contributed by atoms with Gasteiger partial charge in [-0.1, -0.05) is 0 Å². The van der Waals surface area contributed by atoms with E-state index in [1.165, 1.54) is 0 Å². The molecule has 0 aromatic carbocycles. The normalized spacial score (nSPS) is 44.1. The molecule has 0 unspecified atom stereocenters. The molecule has 0 aliphatic carbocycles. The molecule has 0 bridgehead atoms. The fourth-order valence-corrected chi connectivity index (χ4v) is 16.7. The molecule has 9 aliphatic rings. The molecule has 0 saturated carbocycles. The maximum absolute atomic E-state index is 13.4. The Hall–Kier alpha value is -5.47. The van der Waals surface area contributed by atoms with E-state index in [0.717, 1.165) is 48.5 Å². The van der Waals surface area contributed by atoms with E-state index in [1.54, 1.807) is 0 Å². The minimum atomic E-state index is -2.80. The number of ether oxygens (including phenoxy) is 18. The summed E-state index contributed by atoms with van der Waals surface area (Å²) in [5, 5.41) is 312. The van der Waals surface area contributed by atoms with Gasteiger partial charge in [0.1, 0.15) is 238 Å². The van der Waals surface area contributed by atoms with E-state index in [-0.39, 0.29) is 0 Å². The van der Waals surface area contributed by atoms with E-state index >= 15 is 0 Å². The maximum atomic E-state index is 13.4. The highest BCUT2D eigenvalue weighted by atomic mass is 16.8. The SMILES string of the molecule is CC(=O)N[C@H]1[C@H](O[C@@H]([C@H](O)[C@H](CO)NC(C)=O)[C@H](O)CO)O[C@H](CO)[C@@H](O[C@@H]2O[C@H](CO[C@H]3O[C@H](CO[C@@H]4O[C@H](CO)[C@@H](O)[C@H](O)[C@H]4NC(C)=O)[C@@H](O[C@@H]4O[C@H](CO)[C@@H](O)[C@H](O)[C@H]4NC(C)=O)[C@H](O)[C@@H]3O[C@@H]3O[C@H](CO)[C@@H](O)[C@H](O)[C@H]3NC(C)=O)[C@@H](O[C@@H]3O[C@H](CO)[C@@H](O)[C@H](O)[C@H]3NC(C)=O)[C@H](O[C@H]3O[C@H](CO)[C@@H](O[C@@H]4O[C@H](CO)[C@@H](O)[C@H](O)[C@H]4NC(C)=O)[C@H](O)[C@@H]3O)[C@@H]2O)[C@@H]1O. The van der Waals surface area contributed by atoms with Crippen LogP contribution in [0.1, 0.15) is 48.5 Å². The van der Waals surface area contributed by atoms with Gasteiger partial charge in [-0.25, -0.2) is 0 Å². The lowest BCUT2D eigenvalue weighted by atomic mass is 9.93. The molecule has 9 aliphatic heterocycles. The van der Waals surface area contributed by atoms with E-state index in [2.05, 4.69) is 37.2 Å². The Labute approximate surface area is 749 Å². The zero-order valence-electron chi connectivity index (χ0n) is 71.9. The number of hydrogen-bond acceptors (Lipinski definition) is 51. The van der Waals surface area contributed by atoms with Crippen LogP contribution in [0.25, 0.3) is 0 Å². The molecule has 0 aromatic rings. The van der Waals surface area contributed by atoms with Crippen LogP contribution in [0.2, 0.25) is 0 Å². The third-order valence-electron chi connectivity index (χ3n) is 23.3. The molecule has 0 aromatic heterocycles. The number of nitrogens with one attached hydrogen (secondary N) is 7. The van der Waals surface area contributed by atoms with Gasteiger partial charge in [0, 0.05) is 48.5 Å². The number of aliphatic hydroxyl groups is 26. The van der Waals surface area contributed by atoms with Gasteiger partial charge in [0.05, 0.1) is 78.7 Å². The first-order valence-electron chi connectivity index (χ1n) is 42.0. The highest BCUT2D eigenvalue weighted by Crippen LogP contribution is 2.41. The first-order chi connectivity index (χ1) is 62.3. The molecule has 0 radical (unpaired) electrons. The Bertz CT molecular complexity index is 3650. The van der Waals surface area contributed by atoms with E-state index in [1.807, 2.05) is 0 Å². The van der Waals surface area contributed by atoms with Crippen LogP contribution in [0.5, 0.6) is 0 Å². The van der Waals surface area contributed by atoms with Crippen molar-refractivity contribution in [3.05, 3.63) is 0 Å². The lowest BCUT2D eigenvalue weighted by Gasteiger charge is -2.52. The number of hydrogen-bond donors (Lipinski definition) is 33. The largest absolute Gasteiger partial charge is 0.394 e. The van der Waals surface area contributed by atoms with E-state index in [0.29, 0.717) is 0 Å². The predicted molar refractivity (Wildman–Crippen MR) is 413 cm³/mol. The molecule has 33 N–H and O–H groups in total. The summed E-state index contributed by atoms with van der Waals surface area (Å²) in [5.74, 6) is -6.67. The van der Waals surface area contributed by atoms with Crippen molar-refractivity contribution in [2.24, 2.45) is 0 Å². The summed E-state index contributed by atoms with van der Waals surface area (Å²) < 4.78 is 112. The van der Waals surface area contributed by atoms with Gasteiger partial charge in [0.25, 0.3) is 0 Å². The second kappa shape index (κ2) is 49.4. The van der Waals surface area contributed by atoms with Crippen molar-refractivity contribution < 1.29 is 252 Å². The number of rotatable bonds is 39. The molecule has 7 amide bonds. The van der Waals surface area contributed by atoms with Crippen LogP contribution in [0.15, 0.2) is 0 Å². The molecule has 58 nitrogen and oxygen atoms in total. The number of carbonyl (C=O) groups is 7. The molecule has 0 spiro atoms. The van der Waals surface area contributed by atoms with Gasteiger partial charge in [-0.2, -0.15) is 0 Å². The quantitative estimate of drug-likeness (QED) is 0.0272. The van der Waals surface area contributed by atoms with Crippen LogP contribution >= 0.6 is 0 Å². The Balaban J connectivity index is 1.24. The fraction of sp³-hybridized carbons (Fsp3) is 0.905. The van der Waals surface area contributed by atoms with Gasteiger partial charge in [-0.3, -0.25) is 33.6 Å². The summed E-state index contributed by atoms with van der Waals surface area (Å²) in [5.41, 5.74) is 0. The van der Waals surface area contributed by atoms with Crippen molar-refractivity contribution in [1.29, 1.82) is 0 Å². The summed E-state index contributed by atoms with van der Waals surface area (Å²) in [7, 11) is 0. The summed E-state index contributed by atoms with van der Waals surface area (Å²) in [6, 6.07) is -13.4. The lowest BCUT2D eigenvalue weighted by molar-refractivity contribution is -0.405. The minimum Gasteiger partial charge on any atom is -0.394 e. The number of carbonyl (C=O) groups excluding carboxylic acids is 7. The molecule has 762 valence electrons. The third kappa shape index (κ3) is 26.0. The highest BCUT2D eigenvalue weighted by molar-refractivity contribution is 5.75. The second-order valence-corrected chi connectivity index (χ2v) is 33.0. The molecule has 9 heterocycles. The van der Waals surface area contributed by atoms with Crippen LogP contribution in [0.4, 0.5) is 0 Å². The van der Waals surface area contributed by atoms with Gasteiger partial charge < -0.3 is 255 Å². The van der Waals surface area contributed by atoms with Crippen molar-refractivity contribution in [3.63, 3.8) is 0 Å². The lowest BCUT2D eigenvalue weighted by Crippen LogP contribution is -2.71. The average Bonchev–Trinajstić information content (AvgIpc) is 0.760. The van der Waals surface area contributed by atoms with Gasteiger partial charge >= 0.3 is 0 Å². The first-order valence-corrected chi connectivity index (χ1v) is 42.0. The molecule has 58 heteroatoms. The van der Waals surface area contributed by atoms with Gasteiger partial charge in [-0.15, -0.1) is 0 Å². The van der Waals surface area contributed by atoms with Crippen molar-refractivity contribution in [3.8, 4) is 0 Å². The monoisotopic (exact) mass is 1930 g/mol. The summed E-state index contributed by atoms with van der Waals surface area (Å²) in [4.78, 5) is 90.2. The van der Waals surface area contributed by atoms with Crippen molar-refractivity contribution in [1.82, 2.24) is 37.2 Å². The van der Waals surface area contributed by atoms with Gasteiger partial charge in [-0.05, 0) is 0 Å². The summed E-state index contributed by atoms with van der Waals surface area (Å²) in [6.07, 6.45) is -94.1. The van der Waals surface area contributed by atoms with E-state index in [4.69, 9.17) is 85.3 Å². The van der Waals surface area contributed by atoms with E-state index < -0.39 is 414 Å². The molecular weight excluding hydrogens is 1800 g/mol. The van der Waals surface area contributed by atoms with Crippen LogP contribution in [0.3, 0.4) is 0 Å². The van der Waals surface area contributed by atoms with Crippen LogP contribution in [-0.2, 0) is 119 Å². The van der Waals surface area contributed by atoms with Gasteiger partial charge in [0.2, 0.25) is 41.4 Å². The van der Waals surface area contributed by atoms with Crippen molar-refractivity contribution in [2.45, 2.75) is 349 Å². The zero-order valence-corrected chi connectivity index (χ0v) is 71.9. The Kier molecular flexibility index (Phi) is 41.2. The zero-order chi connectivity index (χ0) is 97.8. The predicted octanol–water partition coefficient (Wildman–Crippen LogP) is -22.2. The first kappa shape index (κ1) is 110. The molecule has 9 fully saturated rings. The van der Waals surface area contributed by atoms with Crippen LogP contribution in [-0.4, -0.2) is 547 Å². The molecule has 132 heavy (non-hydrogen) atoms. The van der Waals surface area contributed by atoms with Crippen LogP contribution < -0.4 is 37.2 Å². The highest BCUT2D eigenvalue weighted by Gasteiger charge is 2.62. The number of aliphatic hydroxyl groups excluding tert-OH is 26. The van der Waals surface area contributed by atoms with Gasteiger partial charge in [0.15, 0.2) is 56.6 Å². The fourth-order valence-electron chi connectivity index (χ4n) is 16.7. The smallest absolute Gasteiger partial charge is 0.217 e. The third-order valence-corrected chi connectivity index (χ3v) is 23.3. The van der Waals surface area contributed by atoms with E-state index in [9.17, 15) is 166 Å². The second-order valence-electron chi connectivity index (χ2n) is 33.0. The maximum Gasteiger partial charge on any atom is 0.217 e. The molecule has 9 rings (SSSR count). The summed E-state index contributed by atoms with van der Waals surface area (Å²) in [6.45, 7) is -6.73. The Morgan fingerprint density at radius 1 is 0.258 bits per heavy atom. The minimum absolute atomic E-state index is 0.857. The van der Waals surface area contributed by atoms with Crippen LogP contribution in [0, 0.1) is 0 Å². The molecule has 9 saturated heterocycles. The number of amides is 7. The summed E-state index contributed by atoms with van der Waals surface area (Å²) >= 11 is 0. The molecular formula is C74H125N7O51. The Morgan fingerprint density at radius 2 is 0.530 bits per heavy atom. The Morgan fingerprint density at radius 3 is 0.886 bits per heavy atom.